The highest BCUT2D eigenvalue weighted by atomic mass is 19.1. The van der Waals surface area contributed by atoms with Crippen molar-refractivity contribution < 1.29 is 9.18 Å². The lowest BCUT2D eigenvalue weighted by Crippen LogP contribution is -2.27. The molecule has 0 N–H and O–H groups in total. The smallest absolute Gasteiger partial charge is 0.227 e. The van der Waals surface area contributed by atoms with Crippen LogP contribution in [-0.4, -0.2) is 17.9 Å². The second-order valence-electron chi connectivity index (χ2n) is 4.86. The van der Waals surface area contributed by atoms with Crippen LogP contribution < -0.4 is 0 Å². The molecule has 0 aromatic heterocycles. The minimum absolute atomic E-state index is 0.0240. The Kier molecular flexibility index (Phi) is 4.68. The van der Waals surface area contributed by atoms with Gasteiger partial charge in [-0.15, -0.1) is 0 Å². The second-order valence-corrected chi connectivity index (χ2v) is 4.86. The third kappa shape index (κ3) is 4.15. The number of hydrogen-bond acceptors (Lipinski definition) is 2. The van der Waals surface area contributed by atoms with Gasteiger partial charge in [-0.2, -0.15) is 5.26 Å². The average Bonchev–Trinajstić information content (AvgIpc) is 2.50. The van der Waals surface area contributed by atoms with Gasteiger partial charge in [-0.05, 0) is 35.4 Å². The highest BCUT2D eigenvalue weighted by Crippen LogP contribution is 2.09. The molecule has 0 heterocycles. The van der Waals surface area contributed by atoms with Crippen LogP contribution in [0.2, 0.25) is 0 Å². The topological polar surface area (TPSA) is 44.1 Å². The van der Waals surface area contributed by atoms with Gasteiger partial charge in [0.2, 0.25) is 5.91 Å². The molecule has 0 aliphatic heterocycles. The number of nitriles is 1. The summed E-state index contributed by atoms with van der Waals surface area (Å²) >= 11 is 0. The highest BCUT2D eigenvalue weighted by Gasteiger charge is 2.10. The second kappa shape index (κ2) is 6.67. The first kappa shape index (κ1) is 14.7. The summed E-state index contributed by atoms with van der Waals surface area (Å²) in [6, 6.07) is 15.1. The maximum Gasteiger partial charge on any atom is 0.227 e. The summed E-state index contributed by atoms with van der Waals surface area (Å²) in [6.07, 6.45) is 0.281. The third-order valence-electron chi connectivity index (χ3n) is 3.20. The molecule has 2 aromatic rings. The zero-order valence-electron chi connectivity index (χ0n) is 11.7. The van der Waals surface area contributed by atoms with Crippen molar-refractivity contribution >= 4 is 5.91 Å². The summed E-state index contributed by atoms with van der Waals surface area (Å²) in [4.78, 5) is 13.7. The van der Waals surface area contributed by atoms with Gasteiger partial charge >= 0.3 is 0 Å². The first-order valence-electron chi connectivity index (χ1n) is 6.56. The van der Waals surface area contributed by atoms with Gasteiger partial charge in [0.1, 0.15) is 5.82 Å². The van der Waals surface area contributed by atoms with Gasteiger partial charge in [0.15, 0.2) is 0 Å². The normalized spacial score (nSPS) is 9.95. The minimum atomic E-state index is -0.287. The molecule has 0 radical (unpaired) electrons. The summed E-state index contributed by atoms with van der Waals surface area (Å²) in [5.41, 5.74) is 2.32. The highest BCUT2D eigenvalue weighted by molar-refractivity contribution is 5.78. The van der Waals surface area contributed by atoms with Crippen LogP contribution >= 0.6 is 0 Å². The monoisotopic (exact) mass is 282 g/mol. The summed E-state index contributed by atoms with van der Waals surface area (Å²) in [7, 11) is 1.72. The number of likely N-dealkylation sites (N-methyl/N-ethyl adjacent to an activating group) is 1. The number of halogens is 1. The van der Waals surface area contributed by atoms with Gasteiger partial charge in [-0.25, -0.2) is 4.39 Å². The zero-order chi connectivity index (χ0) is 15.2. The van der Waals surface area contributed by atoms with Crippen LogP contribution in [0.4, 0.5) is 4.39 Å². The van der Waals surface area contributed by atoms with E-state index >= 15 is 0 Å². The van der Waals surface area contributed by atoms with E-state index in [1.165, 1.54) is 12.1 Å². The van der Waals surface area contributed by atoms with Gasteiger partial charge in [-0.1, -0.05) is 24.3 Å². The molecule has 2 aromatic carbocycles. The predicted molar refractivity (Wildman–Crippen MR) is 77.7 cm³/mol. The molecule has 2 rings (SSSR count). The van der Waals surface area contributed by atoms with E-state index in [1.807, 2.05) is 6.07 Å². The third-order valence-corrected chi connectivity index (χ3v) is 3.20. The molecule has 0 saturated heterocycles. The maximum absolute atomic E-state index is 12.8. The summed E-state index contributed by atoms with van der Waals surface area (Å²) in [6.45, 7) is 0.440. The largest absolute Gasteiger partial charge is 0.341 e. The molecule has 21 heavy (non-hydrogen) atoms. The Morgan fingerprint density at radius 1 is 1.10 bits per heavy atom. The molecule has 106 valence electrons. The van der Waals surface area contributed by atoms with Crippen molar-refractivity contribution in [2.45, 2.75) is 13.0 Å². The summed E-state index contributed by atoms with van der Waals surface area (Å²) in [5.74, 6) is -0.311. The SMILES string of the molecule is CN(Cc1ccc(F)cc1)C(=O)Cc1ccc(C#N)cc1. The van der Waals surface area contributed by atoms with Gasteiger partial charge < -0.3 is 4.90 Å². The Balaban J connectivity index is 1.95. The minimum Gasteiger partial charge on any atom is -0.341 e. The molecule has 0 fully saturated rings. The molecule has 0 unspecified atom stereocenters. The van der Waals surface area contributed by atoms with Crippen molar-refractivity contribution in [2.75, 3.05) is 7.05 Å². The molecule has 1 amide bonds. The van der Waals surface area contributed by atoms with Crippen LogP contribution in [0, 0.1) is 17.1 Å². The lowest BCUT2D eigenvalue weighted by atomic mass is 10.1. The Bertz CT molecular complexity index is 657. The Morgan fingerprint density at radius 2 is 1.67 bits per heavy atom. The molecular weight excluding hydrogens is 267 g/mol. The van der Waals surface area contributed by atoms with E-state index in [2.05, 4.69) is 0 Å². The zero-order valence-corrected chi connectivity index (χ0v) is 11.7. The van der Waals surface area contributed by atoms with E-state index in [4.69, 9.17) is 5.26 Å². The van der Waals surface area contributed by atoms with Crippen molar-refractivity contribution in [1.29, 1.82) is 5.26 Å². The van der Waals surface area contributed by atoms with E-state index in [9.17, 15) is 9.18 Å². The lowest BCUT2D eigenvalue weighted by Gasteiger charge is -2.17. The number of carbonyl (C=O) groups is 1. The molecule has 0 spiro atoms. The maximum atomic E-state index is 12.8. The number of nitrogens with zero attached hydrogens (tertiary/aromatic N) is 2. The fourth-order valence-electron chi connectivity index (χ4n) is 1.96. The predicted octanol–water partition coefficient (Wildman–Crippen LogP) is 2.90. The van der Waals surface area contributed by atoms with E-state index in [1.54, 1.807) is 48.3 Å². The van der Waals surface area contributed by atoms with Crippen molar-refractivity contribution in [2.24, 2.45) is 0 Å². The van der Waals surface area contributed by atoms with Crippen LogP contribution in [0.1, 0.15) is 16.7 Å². The molecule has 0 bridgehead atoms. The number of carbonyl (C=O) groups excluding carboxylic acids is 1. The van der Waals surface area contributed by atoms with Crippen LogP contribution in [0.25, 0.3) is 0 Å². The molecule has 3 nitrogen and oxygen atoms in total. The molecule has 0 aliphatic carbocycles. The number of benzene rings is 2. The number of amides is 1. The lowest BCUT2D eigenvalue weighted by molar-refractivity contribution is -0.129. The van der Waals surface area contributed by atoms with Crippen molar-refractivity contribution in [1.82, 2.24) is 4.90 Å². The first-order valence-corrected chi connectivity index (χ1v) is 6.56. The van der Waals surface area contributed by atoms with Crippen LogP contribution in [0.3, 0.4) is 0 Å². The Morgan fingerprint density at radius 3 is 2.24 bits per heavy atom. The van der Waals surface area contributed by atoms with Gasteiger partial charge in [0.05, 0.1) is 18.1 Å². The van der Waals surface area contributed by atoms with Crippen molar-refractivity contribution in [3.63, 3.8) is 0 Å². The number of rotatable bonds is 4. The Labute approximate surface area is 123 Å². The molecule has 0 atom stereocenters. The Hall–Kier alpha value is -2.67. The van der Waals surface area contributed by atoms with Gasteiger partial charge in [-0.3, -0.25) is 4.79 Å². The van der Waals surface area contributed by atoms with Crippen LogP contribution in [0.5, 0.6) is 0 Å². The molecule has 0 aliphatic rings. The van der Waals surface area contributed by atoms with E-state index in [0.717, 1.165) is 11.1 Å². The average molecular weight is 282 g/mol. The van der Waals surface area contributed by atoms with E-state index < -0.39 is 0 Å². The van der Waals surface area contributed by atoms with Crippen LogP contribution in [0.15, 0.2) is 48.5 Å². The van der Waals surface area contributed by atoms with Crippen molar-refractivity contribution in [3.05, 3.63) is 71.0 Å². The molecular formula is C17H15FN2O. The fourth-order valence-corrected chi connectivity index (χ4v) is 1.96. The summed E-state index contributed by atoms with van der Waals surface area (Å²) in [5, 5.41) is 8.73. The van der Waals surface area contributed by atoms with Gasteiger partial charge in [0, 0.05) is 13.6 Å². The number of hydrogen-bond donors (Lipinski definition) is 0. The molecule has 4 heteroatoms. The van der Waals surface area contributed by atoms with E-state index in [-0.39, 0.29) is 18.1 Å². The van der Waals surface area contributed by atoms with Crippen LogP contribution in [-0.2, 0) is 17.8 Å². The quantitative estimate of drug-likeness (QED) is 0.865. The van der Waals surface area contributed by atoms with E-state index in [0.29, 0.717) is 12.1 Å². The van der Waals surface area contributed by atoms with Gasteiger partial charge in [0.25, 0.3) is 0 Å². The van der Waals surface area contributed by atoms with Crippen molar-refractivity contribution in [3.8, 4) is 6.07 Å². The fraction of sp³-hybridized carbons (Fsp3) is 0.176. The standard InChI is InChI=1S/C17H15FN2O/c1-20(12-15-6-8-16(18)9-7-15)17(21)10-13-2-4-14(11-19)5-3-13/h2-9H,10,12H2,1H3. The summed E-state index contributed by atoms with van der Waals surface area (Å²) < 4.78 is 12.8. The first-order chi connectivity index (χ1) is 10.1. The molecule has 0 saturated carbocycles.